The van der Waals surface area contributed by atoms with E-state index in [2.05, 4.69) is 25.9 Å². The van der Waals surface area contributed by atoms with Crippen molar-refractivity contribution in [2.24, 2.45) is 0 Å². The summed E-state index contributed by atoms with van der Waals surface area (Å²) in [5, 5.41) is 2.63. The SMILES string of the molecule is Cc1c(Cl)nc(C2CC2)nc1-c1sccc1Br. The summed E-state index contributed by atoms with van der Waals surface area (Å²) in [4.78, 5) is 10.2. The van der Waals surface area contributed by atoms with Gasteiger partial charge in [0.05, 0.1) is 10.6 Å². The predicted molar refractivity (Wildman–Crippen MR) is 74.8 cm³/mol. The van der Waals surface area contributed by atoms with E-state index < -0.39 is 0 Å². The maximum atomic E-state index is 6.20. The lowest BCUT2D eigenvalue weighted by atomic mass is 10.2. The molecule has 1 fully saturated rings. The van der Waals surface area contributed by atoms with Gasteiger partial charge in [-0.3, -0.25) is 0 Å². The lowest BCUT2D eigenvalue weighted by Gasteiger charge is -2.07. The molecule has 5 heteroatoms. The summed E-state index contributed by atoms with van der Waals surface area (Å²) >= 11 is 11.4. The molecule has 0 amide bonds. The van der Waals surface area contributed by atoms with Crippen LogP contribution in [0, 0.1) is 6.92 Å². The predicted octanol–water partition coefficient (Wildman–Crippen LogP) is 4.81. The van der Waals surface area contributed by atoms with Crippen molar-refractivity contribution in [2.45, 2.75) is 25.7 Å². The van der Waals surface area contributed by atoms with Gasteiger partial charge >= 0.3 is 0 Å². The maximum absolute atomic E-state index is 6.20. The van der Waals surface area contributed by atoms with Crippen LogP contribution in [0.1, 0.15) is 30.1 Å². The van der Waals surface area contributed by atoms with E-state index in [9.17, 15) is 0 Å². The Bertz CT molecular complexity index is 578. The summed E-state index contributed by atoms with van der Waals surface area (Å²) in [6, 6.07) is 2.03. The molecule has 1 saturated carbocycles. The van der Waals surface area contributed by atoms with Gasteiger partial charge in [-0.05, 0) is 47.1 Å². The summed E-state index contributed by atoms with van der Waals surface area (Å²) < 4.78 is 1.07. The second kappa shape index (κ2) is 4.34. The first-order valence-corrected chi connectivity index (χ1v) is 7.49. The Morgan fingerprint density at radius 2 is 2.18 bits per heavy atom. The first kappa shape index (κ1) is 11.6. The van der Waals surface area contributed by atoms with Crippen LogP contribution in [0.3, 0.4) is 0 Å². The molecule has 2 heterocycles. The highest BCUT2D eigenvalue weighted by molar-refractivity contribution is 9.10. The fourth-order valence-corrected chi connectivity index (χ4v) is 3.50. The summed E-state index contributed by atoms with van der Waals surface area (Å²) in [5.41, 5.74) is 1.92. The molecular formula is C12H10BrClN2S. The number of aromatic nitrogens is 2. The van der Waals surface area contributed by atoms with E-state index in [1.165, 1.54) is 12.8 Å². The highest BCUT2D eigenvalue weighted by Crippen LogP contribution is 2.41. The second-order valence-corrected chi connectivity index (χ2v) is 6.35. The third-order valence-corrected chi connectivity index (χ3v) is 5.09. The van der Waals surface area contributed by atoms with Crippen LogP contribution in [0.15, 0.2) is 15.9 Å². The molecule has 2 aromatic rings. The Kier molecular flexibility index (Phi) is 2.97. The molecule has 3 rings (SSSR count). The highest BCUT2D eigenvalue weighted by Gasteiger charge is 2.28. The average molecular weight is 330 g/mol. The molecule has 0 spiro atoms. The summed E-state index contributed by atoms with van der Waals surface area (Å²) in [7, 11) is 0. The number of thiophene rings is 1. The standard InChI is InChI=1S/C12H10BrClN2S/c1-6-9(10-8(13)4-5-17-10)15-12(7-2-3-7)16-11(6)14/h4-5,7H,2-3H2,1H3. The topological polar surface area (TPSA) is 25.8 Å². The quantitative estimate of drug-likeness (QED) is 0.739. The van der Waals surface area contributed by atoms with Crippen LogP contribution in [0.25, 0.3) is 10.6 Å². The lowest BCUT2D eigenvalue weighted by Crippen LogP contribution is -1.98. The summed E-state index contributed by atoms with van der Waals surface area (Å²) in [6.45, 7) is 1.97. The van der Waals surface area contributed by atoms with Crippen molar-refractivity contribution >= 4 is 38.9 Å². The number of halogens is 2. The summed E-state index contributed by atoms with van der Waals surface area (Å²) in [5.74, 6) is 1.42. The maximum Gasteiger partial charge on any atom is 0.136 e. The Morgan fingerprint density at radius 1 is 1.41 bits per heavy atom. The van der Waals surface area contributed by atoms with E-state index in [-0.39, 0.29) is 0 Å². The molecule has 17 heavy (non-hydrogen) atoms. The van der Waals surface area contributed by atoms with Crippen molar-refractivity contribution in [3.05, 3.63) is 32.5 Å². The lowest BCUT2D eigenvalue weighted by molar-refractivity contribution is 0.923. The van der Waals surface area contributed by atoms with Gasteiger partial charge in [0.15, 0.2) is 0 Å². The van der Waals surface area contributed by atoms with Crippen LogP contribution >= 0.6 is 38.9 Å². The zero-order valence-corrected chi connectivity index (χ0v) is 12.4. The van der Waals surface area contributed by atoms with Gasteiger partial charge in [-0.2, -0.15) is 0 Å². The van der Waals surface area contributed by atoms with Gasteiger partial charge in [0.25, 0.3) is 0 Å². The van der Waals surface area contributed by atoms with Crippen LogP contribution in [0.2, 0.25) is 5.15 Å². The van der Waals surface area contributed by atoms with Crippen molar-refractivity contribution < 1.29 is 0 Å². The zero-order valence-electron chi connectivity index (χ0n) is 9.20. The van der Waals surface area contributed by atoms with Gasteiger partial charge in [0.1, 0.15) is 11.0 Å². The molecule has 0 atom stereocenters. The third kappa shape index (κ3) is 2.14. The van der Waals surface area contributed by atoms with Crippen LogP contribution < -0.4 is 0 Å². The van der Waals surface area contributed by atoms with Crippen molar-refractivity contribution in [2.75, 3.05) is 0 Å². The molecule has 0 saturated heterocycles. The average Bonchev–Trinajstić information content (AvgIpc) is 3.06. The third-order valence-electron chi connectivity index (χ3n) is 2.88. The van der Waals surface area contributed by atoms with Crippen molar-refractivity contribution in [3.8, 4) is 10.6 Å². The van der Waals surface area contributed by atoms with Gasteiger partial charge in [-0.15, -0.1) is 11.3 Å². The Hall–Kier alpha value is -0.450. The molecule has 0 radical (unpaired) electrons. The summed E-state index contributed by atoms with van der Waals surface area (Å²) in [6.07, 6.45) is 2.37. The molecule has 0 unspecified atom stereocenters. The molecule has 2 nitrogen and oxygen atoms in total. The van der Waals surface area contributed by atoms with E-state index in [0.29, 0.717) is 11.1 Å². The molecule has 2 aromatic heterocycles. The number of hydrogen-bond donors (Lipinski definition) is 0. The van der Waals surface area contributed by atoms with E-state index >= 15 is 0 Å². The molecule has 1 aliphatic carbocycles. The van der Waals surface area contributed by atoms with Gasteiger partial charge < -0.3 is 0 Å². The van der Waals surface area contributed by atoms with Gasteiger partial charge in [0, 0.05) is 16.0 Å². The Labute approximate surface area is 117 Å². The van der Waals surface area contributed by atoms with Gasteiger partial charge in [-0.25, -0.2) is 9.97 Å². The smallest absolute Gasteiger partial charge is 0.136 e. The molecule has 0 aromatic carbocycles. The first-order valence-electron chi connectivity index (χ1n) is 5.44. The fraction of sp³-hybridized carbons (Fsp3) is 0.333. The Morgan fingerprint density at radius 3 is 2.76 bits per heavy atom. The van der Waals surface area contributed by atoms with Crippen molar-refractivity contribution in [1.82, 2.24) is 9.97 Å². The van der Waals surface area contributed by atoms with E-state index in [4.69, 9.17) is 11.6 Å². The van der Waals surface area contributed by atoms with Crippen molar-refractivity contribution in [1.29, 1.82) is 0 Å². The monoisotopic (exact) mass is 328 g/mol. The Balaban J connectivity index is 2.17. The molecule has 0 N–H and O–H groups in total. The zero-order chi connectivity index (χ0) is 12.0. The van der Waals surface area contributed by atoms with Gasteiger partial charge in [0.2, 0.25) is 0 Å². The molecule has 0 bridgehead atoms. The number of nitrogens with zero attached hydrogens (tertiary/aromatic N) is 2. The van der Waals surface area contributed by atoms with Crippen molar-refractivity contribution in [3.63, 3.8) is 0 Å². The molecule has 0 aliphatic heterocycles. The fourth-order valence-electron chi connectivity index (χ4n) is 1.71. The van der Waals surface area contributed by atoms with Crippen LogP contribution in [-0.4, -0.2) is 9.97 Å². The second-order valence-electron chi connectivity index (χ2n) is 4.22. The molecular weight excluding hydrogens is 320 g/mol. The normalized spacial score (nSPS) is 15.2. The van der Waals surface area contributed by atoms with Crippen LogP contribution in [0.4, 0.5) is 0 Å². The molecule has 88 valence electrons. The highest BCUT2D eigenvalue weighted by atomic mass is 79.9. The largest absolute Gasteiger partial charge is 0.231 e. The number of rotatable bonds is 2. The van der Waals surface area contributed by atoms with E-state index in [1.807, 2.05) is 18.4 Å². The van der Waals surface area contributed by atoms with E-state index in [0.717, 1.165) is 26.4 Å². The first-order chi connectivity index (χ1) is 8.16. The van der Waals surface area contributed by atoms with Crippen LogP contribution in [-0.2, 0) is 0 Å². The minimum absolute atomic E-state index is 0.519. The van der Waals surface area contributed by atoms with Crippen LogP contribution in [0.5, 0.6) is 0 Å². The van der Waals surface area contributed by atoms with Gasteiger partial charge in [-0.1, -0.05) is 11.6 Å². The van der Waals surface area contributed by atoms with E-state index in [1.54, 1.807) is 11.3 Å². The molecule has 1 aliphatic rings. The number of hydrogen-bond acceptors (Lipinski definition) is 3. The minimum atomic E-state index is 0.519. The minimum Gasteiger partial charge on any atom is -0.231 e.